The quantitative estimate of drug-likeness (QED) is 0.865. The van der Waals surface area contributed by atoms with E-state index in [1.165, 1.54) is 51.9 Å². The predicted octanol–water partition coefficient (Wildman–Crippen LogP) is 2.94. The third-order valence-electron chi connectivity index (χ3n) is 6.43. The van der Waals surface area contributed by atoms with Gasteiger partial charge in [-0.25, -0.2) is 0 Å². The van der Waals surface area contributed by atoms with Crippen LogP contribution in [0.5, 0.6) is 0 Å². The lowest BCUT2D eigenvalue weighted by atomic mass is 9.67. The van der Waals surface area contributed by atoms with Crippen molar-refractivity contribution in [2.75, 3.05) is 26.2 Å². The zero-order chi connectivity index (χ0) is 15.6. The van der Waals surface area contributed by atoms with Gasteiger partial charge in [0.1, 0.15) is 0 Å². The lowest BCUT2D eigenvalue weighted by molar-refractivity contribution is 0.0230. The van der Waals surface area contributed by atoms with E-state index < -0.39 is 0 Å². The van der Waals surface area contributed by atoms with Crippen LogP contribution in [0, 0.1) is 11.3 Å². The van der Waals surface area contributed by atoms with E-state index >= 15 is 0 Å². The monoisotopic (exact) mass is 295 g/mol. The van der Waals surface area contributed by atoms with Gasteiger partial charge in [-0.15, -0.1) is 0 Å². The van der Waals surface area contributed by atoms with Crippen molar-refractivity contribution in [1.29, 1.82) is 0 Å². The van der Waals surface area contributed by atoms with Crippen molar-refractivity contribution < 1.29 is 0 Å². The molecule has 2 rings (SSSR count). The molecule has 1 heterocycles. The molecular formula is C18H37N3. The van der Waals surface area contributed by atoms with E-state index in [1.807, 2.05) is 0 Å². The maximum Gasteiger partial charge on any atom is 0.0251 e. The first-order valence-corrected chi connectivity index (χ1v) is 9.09. The number of nitrogens with zero attached hydrogens (tertiary/aromatic N) is 2. The molecule has 0 aromatic heterocycles. The van der Waals surface area contributed by atoms with Gasteiger partial charge in [-0.2, -0.15) is 0 Å². The molecule has 1 aliphatic carbocycles. The fourth-order valence-electron chi connectivity index (χ4n) is 4.17. The van der Waals surface area contributed by atoms with Gasteiger partial charge in [0.25, 0.3) is 0 Å². The van der Waals surface area contributed by atoms with Crippen LogP contribution in [0.3, 0.4) is 0 Å². The molecule has 3 nitrogen and oxygen atoms in total. The Morgan fingerprint density at radius 1 is 1.10 bits per heavy atom. The molecule has 124 valence electrons. The number of hydrogen-bond acceptors (Lipinski definition) is 3. The zero-order valence-corrected chi connectivity index (χ0v) is 14.9. The van der Waals surface area contributed by atoms with Gasteiger partial charge in [-0.05, 0) is 44.4 Å². The SMILES string of the molecule is CCC(C)(C)C1CCC(N)C(N2CCN(C(C)C)CC2)C1. The zero-order valence-electron chi connectivity index (χ0n) is 14.9. The minimum atomic E-state index is 0.388. The molecule has 2 N–H and O–H groups in total. The lowest BCUT2D eigenvalue weighted by Gasteiger charge is -2.48. The molecule has 3 atom stereocenters. The predicted molar refractivity (Wildman–Crippen MR) is 91.5 cm³/mol. The Balaban J connectivity index is 1.95. The number of rotatable bonds is 4. The maximum atomic E-state index is 6.50. The minimum Gasteiger partial charge on any atom is -0.326 e. The summed E-state index contributed by atoms with van der Waals surface area (Å²) in [5.41, 5.74) is 6.97. The standard InChI is InChI=1S/C18H37N3/c1-6-18(4,5)15-7-8-16(19)17(13-15)21-11-9-20(10-12-21)14(2)3/h14-17H,6-13,19H2,1-5H3. The molecular weight excluding hydrogens is 258 g/mol. The fraction of sp³-hybridized carbons (Fsp3) is 1.00. The average Bonchev–Trinajstić information content (AvgIpc) is 2.47. The van der Waals surface area contributed by atoms with Crippen LogP contribution in [-0.4, -0.2) is 54.1 Å². The van der Waals surface area contributed by atoms with E-state index in [1.54, 1.807) is 0 Å². The van der Waals surface area contributed by atoms with E-state index in [4.69, 9.17) is 5.73 Å². The van der Waals surface area contributed by atoms with E-state index in [2.05, 4.69) is 44.4 Å². The lowest BCUT2D eigenvalue weighted by Crippen LogP contribution is -2.58. The molecule has 0 spiro atoms. The van der Waals surface area contributed by atoms with Crippen molar-refractivity contribution in [3.8, 4) is 0 Å². The Bertz CT molecular complexity index is 318. The van der Waals surface area contributed by atoms with Crippen LogP contribution in [0.2, 0.25) is 0 Å². The number of piperazine rings is 1. The molecule has 2 aliphatic rings. The van der Waals surface area contributed by atoms with Crippen LogP contribution in [0.1, 0.15) is 60.3 Å². The van der Waals surface area contributed by atoms with Gasteiger partial charge >= 0.3 is 0 Å². The topological polar surface area (TPSA) is 32.5 Å². The highest BCUT2D eigenvalue weighted by Gasteiger charge is 2.39. The smallest absolute Gasteiger partial charge is 0.0251 e. The minimum absolute atomic E-state index is 0.388. The summed E-state index contributed by atoms with van der Waals surface area (Å²) in [4.78, 5) is 5.29. The third kappa shape index (κ3) is 4.00. The van der Waals surface area contributed by atoms with E-state index in [0.29, 0.717) is 23.5 Å². The molecule has 1 saturated carbocycles. The summed E-state index contributed by atoms with van der Waals surface area (Å²) >= 11 is 0. The van der Waals surface area contributed by atoms with Crippen LogP contribution in [0.4, 0.5) is 0 Å². The Hall–Kier alpha value is -0.120. The van der Waals surface area contributed by atoms with Crippen LogP contribution >= 0.6 is 0 Å². The van der Waals surface area contributed by atoms with Crippen LogP contribution in [0.25, 0.3) is 0 Å². The number of hydrogen-bond donors (Lipinski definition) is 1. The van der Waals surface area contributed by atoms with Gasteiger partial charge < -0.3 is 5.73 Å². The maximum absolute atomic E-state index is 6.50. The highest BCUT2D eigenvalue weighted by Crippen LogP contribution is 2.41. The Morgan fingerprint density at radius 3 is 2.24 bits per heavy atom. The summed E-state index contributed by atoms with van der Waals surface area (Å²) in [6, 6.07) is 1.68. The van der Waals surface area contributed by atoms with Gasteiger partial charge in [0.05, 0.1) is 0 Å². The molecule has 0 aromatic carbocycles. The van der Waals surface area contributed by atoms with Crippen molar-refractivity contribution in [2.45, 2.75) is 78.4 Å². The first kappa shape index (κ1) is 17.2. The second-order valence-electron chi connectivity index (χ2n) is 8.25. The largest absolute Gasteiger partial charge is 0.326 e. The van der Waals surface area contributed by atoms with Gasteiger partial charge in [0, 0.05) is 44.3 Å². The Labute approximate surface area is 132 Å². The molecule has 21 heavy (non-hydrogen) atoms. The Kier molecular flexibility index (Phi) is 5.72. The van der Waals surface area contributed by atoms with Crippen molar-refractivity contribution in [3.63, 3.8) is 0 Å². The summed E-state index contributed by atoms with van der Waals surface area (Å²) in [7, 11) is 0. The van der Waals surface area contributed by atoms with Gasteiger partial charge in [-0.3, -0.25) is 9.80 Å². The molecule has 1 aliphatic heterocycles. The summed E-state index contributed by atoms with van der Waals surface area (Å²) in [5.74, 6) is 0.843. The molecule has 0 amide bonds. The van der Waals surface area contributed by atoms with Crippen molar-refractivity contribution in [2.24, 2.45) is 17.1 Å². The van der Waals surface area contributed by atoms with E-state index in [0.717, 1.165) is 5.92 Å². The fourth-order valence-corrected chi connectivity index (χ4v) is 4.17. The second kappa shape index (κ2) is 6.97. The van der Waals surface area contributed by atoms with E-state index in [9.17, 15) is 0 Å². The second-order valence-corrected chi connectivity index (χ2v) is 8.25. The van der Waals surface area contributed by atoms with Crippen molar-refractivity contribution in [1.82, 2.24) is 9.80 Å². The van der Waals surface area contributed by atoms with Crippen molar-refractivity contribution >= 4 is 0 Å². The van der Waals surface area contributed by atoms with Gasteiger partial charge in [0.15, 0.2) is 0 Å². The van der Waals surface area contributed by atoms with Crippen LogP contribution in [0.15, 0.2) is 0 Å². The normalized spacial score (nSPS) is 33.6. The summed E-state index contributed by atoms with van der Waals surface area (Å²) in [6.07, 6.45) is 5.12. The van der Waals surface area contributed by atoms with Crippen molar-refractivity contribution in [3.05, 3.63) is 0 Å². The molecule has 1 saturated heterocycles. The first-order chi connectivity index (χ1) is 9.85. The summed E-state index contributed by atoms with van der Waals surface area (Å²) in [6.45, 7) is 16.7. The molecule has 2 fully saturated rings. The van der Waals surface area contributed by atoms with Crippen LogP contribution < -0.4 is 5.73 Å². The van der Waals surface area contributed by atoms with E-state index in [-0.39, 0.29) is 0 Å². The van der Waals surface area contributed by atoms with Gasteiger partial charge in [0.2, 0.25) is 0 Å². The highest BCUT2D eigenvalue weighted by molar-refractivity contribution is 4.94. The molecule has 0 aromatic rings. The van der Waals surface area contributed by atoms with Crippen LogP contribution in [-0.2, 0) is 0 Å². The molecule has 3 unspecified atom stereocenters. The summed E-state index contributed by atoms with van der Waals surface area (Å²) in [5, 5.41) is 0. The van der Waals surface area contributed by atoms with Gasteiger partial charge in [-0.1, -0.05) is 27.2 Å². The number of nitrogens with two attached hydrogens (primary N) is 1. The molecule has 0 bridgehead atoms. The summed E-state index contributed by atoms with van der Waals surface area (Å²) < 4.78 is 0. The molecule has 0 radical (unpaired) electrons. The molecule has 3 heteroatoms. The first-order valence-electron chi connectivity index (χ1n) is 9.09. The average molecular weight is 296 g/mol. The third-order valence-corrected chi connectivity index (χ3v) is 6.43. The Morgan fingerprint density at radius 2 is 1.71 bits per heavy atom. The highest BCUT2D eigenvalue weighted by atomic mass is 15.3.